The van der Waals surface area contributed by atoms with E-state index in [4.69, 9.17) is 4.74 Å². The number of benzene rings is 2. The molecule has 24 heavy (non-hydrogen) atoms. The van der Waals surface area contributed by atoms with Crippen molar-refractivity contribution in [2.24, 2.45) is 0 Å². The van der Waals surface area contributed by atoms with E-state index in [1.165, 1.54) is 6.07 Å². The summed E-state index contributed by atoms with van der Waals surface area (Å²) in [6.45, 7) is 0.105. The van der Waals surface area contributed by atoms with E-state index < -0.39 is 6.10 Å². The van der Waals surface area contributed by atoms with Crippen LogP contribution in [-0.2, 0) is 11.2 Å². The molecule has 0 aliphatic carbocycles. The Kier molecular flexibility index (Phi) is 6.75. The zero-order valence-electron chi connectivity index (χ0n) is 13.3. The van der Waals surface area contributed by atoms with Crippen molar-refractivity contribution in [3.8, 4) is 5.75 Å². The maximum Gasteiger partial charge on any atom is 0.220 e. The summed E-state index contributed by atoms with van der Waals surface area (Å²) in [6, 6.07) is 11.7. The third-order valence-electron chi connectivity index (χ3n) is 3.63. The topological polar surface area (TPSA) is 58.6 Å². The summed E-state index contributed by atoms with van der Waals surface area (Å²) in [5.74, 6) is 0.131. The Morgan fingerprint density at radius 1 is 1.29 bits per heavy atom. The van der Waals surface area contributed by atoms with Crippen LogP contribution in [0.1, 0.15) is 23.7 Å². The lowest BCUT2D eigenvalue weighted by Crippen LogP contribution is -2.28. The second-order valence-corrected chi connectivity index (χ2v) is 6.24. The quantitative estimate of drug-likeness (QED) is 0.755. The van der Waals surface area contributed by atoms with Gasteiger partial charge in [0.15, 0.2) is 0 Å². The minimum absolute atomic E-state index is 0.105. The summed E-state index contributed by atoms with van der Waals surface area (Å²) in [4.78, 5) is 11.9. The zero-order chi connectivity index (χ0) is 17.5. The van der Waals surface area contributed by atoms with Gasteiger partial charge in [-0.2, -0.15) is 0 Å². The summed E-state index contributed by atoms with van der Waals surface area (Å²) < 4.78 is 19.4. The van der Waals surface area contributed by atoms with Crippen molar-refractivity contribution in [1.29, 1.82) is 0 Å². The average Bonchev–Trinajstić information content (AvgIpc) is 2.59. The number of halogens is 2. The monoisotopic (exact) mass is 395 g/mol. The first-order chi connectivity index (χ1) is 11.5. The largest absolute Gasteiger partial charge is 0.497 e. The molecule has 1 amide bonds. The maximum absolute atomic E-state index is 13.7. The summed E-state index contributed by atoms with van der Waals surface area (Å²) in [5.41, 5.74) is 1.18. The maximum atomic E-state index is 13.7. The molecule has 2 N–H and O–H groups in total. The number of hydrogen-bond acceptors (Lipinski definition) is 3. The summed E-state index contributed by atoms with van der Waals surface area (Å²) in [5, 5.41) is 12.7. The lowest BCUT2D eigenvalue weighted by molar-refractivity contribution is -0.121. The Morgan fingerprint density at radius 3 is 2.62 bits per heavy atom. The number of carbonyl (C=O) groups is 1. The van der Waals surface area contributed by atoms with Crippen LogP contribution in [-0.4, -0.2) is 24.7 Å². The van der Waals surface area contributed by atoms with Gasteiger partial charge in [0.1, 0.15) is 11.6 Å². The predicted octanol–water partition coefficient (Wildman–Crippen LogP) is 3.38. The lowest BCUT2D eigenvalue weighted by Gasteiger charge is -2.13. The Balaban J connectivity index is 1.79. The van der Waals surface area contributed by atoms with Crippen molar-refractivity contribution < 1.29 is 19.0 Å². The van der Waals surface area contributed by atoms with Crippen LogP contribution in [0.15, 0.2) is 46.9 Å². The Hall–Kier alpha value is -1.92. The number of carbonyl (C=O) groups excluding carboxylic acids is 1. The molecule has 0 saturated heterocycles. The molecule has 0 fully saturated rings. The highest BCUT2D eigenvalue weighted by Gasteiger charge is 2.11. The van der Waals surface area contributed by atoms with Crippen molar-refractivity contribution >= 4 is 21.8 Å². The van der Waals surface area contributed by atoms with Crippen molar-refractivity contribution in [3.63, 3.8) is 0 Å². The van der Waals surface area contributed by atoms with Crippen LogP contribution >= 0.6 is 15.9 Å². The molecule has 0 aliphatic heterocycles. The van der Waals surface area contributed by atoms with Crippen LogP contribution in [0.2, 0.25) is 0 Å². The summed E-state index contributed by atoms with van der Waals surface area (Å²) in [7, 11) is 1.57. The van der Waals surface area contributed by atoms with E-state index >= 15 is 0 Å². The van der Waals surface area contributed by atoms with E-state index in [0.29, 0.717) is 27.8 Å². The lowest BCUT2D eigenvalue weighted by atomic mass is 10.1. The fourth-order valence-electron chi connectivity index (χ4n) is 2.22. The third-order valence-corrected chi connectivity index (χ3v) is 4.12. The molecule has 0 saturated carbocycles. The van der Waals surface area contributed by atoms with Gasteiger partial charge in [-0.3, -0.25) is 4.79 Å². The Morgan fingerprint density at radius 2 is 2.00 bits per heavy atom. The number of aliphatic hydroxyl groups excluding tert-OH is 1. The van der Waals surface area contributed by atoms with Crippen LogP contribution in [0, 0.1) is 5.82 Å². The fourth-order valence-corrected chi connectivity index (χ4v) is 2.55. The number of aryl methyl sites for hydroxylation is 1. The molecule has 4 nitrogen and oxygen atoms in total. The minimum atomic E-state index is -0.802. The zero-order valence-corrected chi connectivity index (χ0v) is 14.8. The highest BCUT2D eigenvalue weighted by molar-refractivity contribution is 9.10. The molecule has 6 heteroatoms. The molecule has 0 heterocycles. The molecule has 2 rings (SSSR count). The molecule has 0 spiro atoms. The number of amides is 1. The van der Waals surface area contributed by atoms with E-state index in [0.717, 1.165) is 0 Å². The second kappa shape index (κ2) is 8.80. The first-order valence-electron chi connectivity index (χ1n) is 7.52. The van der Waals surface area contributed by atoms with Crippen molar-refractivity contribution in [1.82, 2.24) is 5.32 Å². The van der Waals surface area contributed by atoms with Gasteiger partial charge in [0.2, 0.25) is 5.91 Å². The van der Waals surface area contributed by atoms with Gasteiger partial charge >= 0.3 is 0 Å². The summed E-state index contributed by atoms with van der Waals surface area (Å²) >= 11 is 3.19. The van der Waals surface area contributed by atoms with Crippen LogP contribution in [0.4, 0.5) is 4.39 Å². The highest BCUT2D eigenvalue weighted by atomic mass is 79.9. The second-order valence-electron chi connectivity index (χ2n) is 5.33. The average molecular weight is 396 g/mol. The number of rotatable bonds is 7. The van der Waals surface area contributed by atoms with Crippen LogP contribution in [0.5, 0.6) is 5.75 Å². The SMILES string of the molecule is COc1ccc(C(O)CNC(=O)CCc2ccc(Br)cc2F)cc1. The molecule has 0 aromatic heterocycles. The van der Waals surface area contributed by atoms with Gasteiger partial charge < -0.3 is 15.2 Å². The number of aliphatic hydroxyl groups is 1. The van der Waals surface area contributed by atoms with E-state index in [9.17, 15) is 14.3 Å². The minimum Gasteiger partial charge on any atom is -0.497 e. The number of methoxy groups -OCH3 is 1. The van der Waals surface area contributed by atoms with Crippen molar-refractivity contribution in [2.75, 3.05) is 13.7 Å². The van der Waals surface area contributed by atoms with Gasteiger partial charge in [-0.05, 0) is 41.8 Å². The molecule has 0 aliphatic rings. The van der Waals surface area contributed by atoms with Crippen molar-refractivity contribution in [3.05, 3.63) is 63.9 Å². The van der Waals surface area contributed by atoms with Crippen molar-refractivity contribution in [2.45, 2.75) is 18.9 Å². The Labute approximate surface area is 148 Å². The Bertz CT molecular complexity index is 691. The number of ether oxygens (including phenoxy) is 1. The number of nitrogens with one attached hydrogen (secondary N) is 1. The smallest absolute Gasteiger partial charge is 0.220 e. The standard InChI is InChI=1S/C18H19BrFNO3/c1-24-15-7-3-13(4-8-15)17(22)11-21-18(23)9-5-12-2-6-14(19)10-16(12)20/h2-4,6-8,10,17,22H,5,9,11H2,1H3,(H,21,23). The molecule has 1 unspecified atom stereocenters. The number of hydrogen-bond donors (Lipinski definition) is 2. The van der Waals surface area contributed by atoms with E-state index in [1.54, 1.807) is 43.5 Å². The van der Waals surface area contributed by atoms with Gasteiger partial charge in [0, 0.05) is 17.4 Å². The van der Waals surface area contributed by atoms with Crippen LogP contribution < -0.4 is 10.1 Å². The molecule has 1 atom stereocenters. The van der Waals surface area contributed by atoms with Gasteiger partial charge in [-0.25, -0.2) is 4.39 Å². The predicted molar refractivity (Wildman–Crippen MR) is 93.4 cm³/mol. The third kappa shape index (κ3) is 5.32. The molecular weight excluding hydrogens is 377 g/mol. The first kappa shape index (κ1) is 18.4. The molecule has 2 aromatic rings. The van der Waals surface area contributed by atoms with E-state index in [2.05, 4.69) is 21.2 Å². The van der Waals surface area contributed by atoms with Gasteiger partial charge in [0.05, 0.1) is 13.2 Å². The van der Waals surface area contributed by atoms with Crippen LogP contribution in [0.25, 0.3) is 0 Å². The molecule has 128 valence electrons. The molecule has 0 radical (unpaired) electrons. The van der Waals surface area contributed by atoms with E-state index in [-0.39, 0.29) is 24.7 Å². The molecule has 0 bridgehead atoms. The molecular formula is C18H19BrFNO3. The van der Waals surface area contributed by atoms with E-state index in [1.807, 2.05) is 0 Å². The first-order valence-corrected chi connectivity index (χ1v) is 8.31. The fraction of sp³-hybridized carbons (Fsp3) is 0.278. The summed E-state index contributed by atoms with van der Waals surface area (Å²) in [6.07, 6.45) is -0.332. The molecule has 2 aromatic carbocycles. The highest BCUT2D eigenvalue weighted by Crippen LogP contribution is 2.18. The van der Waals surface area contributed by atoms with Gasteiger partial charge in [-0.15, -0.1) is 0 Å². The van der Waals surface area contributed by atoms with Gasteiger partial charge in [-0.1, -0.05) is 34.1 Å². The normalized spacial score (nSPS) is 11.8. The van der Waals surface area contributed by atoms with Gasteiger partial charge in [0.25, 0.3) is 0 Å². The van der Waals surface area contributed by atoms with Crippen LogP contribution in [0.3, 0.4) is 0 Å².